The Morgan fingerprint density at radius 3 is 2.85 bits per heavy atom. The van der Waals surface area contributed by atoms with E-state index in [1.807, 2.05) is 0 Å². The van der Waals surface area contributed by atoms with Crippen LogP contribution in [-0.4, -0.2) is 12.6 Å². The Bertz CT molecular complexity index is 325. The van der Waals surface area contributed by atoms with Crippen molar-refractivity contribution in [3.8, 4) is 5.75 Å². The molecule has 4 heteroatoms. The highest BCUT2D eigenvalue weighted by Crippen LogP contribution is 2.21. The van der Waals surface area contributed by atoms with Crippen LogP contribution in [0.15, 0.2) is 18.2 Å². The fourth-order valence-corrected chi connectivity index (χ4v) is 1.10. The van der Waals surface area contributed by atoms with Gasteiger partial charge in [0.15, 0.2) is 6.67 Å². The van der Waals surface area contributed by atoms with Crippen molar-refractivity contribution in [3.05, 3.63) is 28.8 Å². The van der Waals surface area contributed by atoms with Gasteiger partial charge in [-0.3, -0.25) is 0 Å². The van der Waals surface area contributed by atoms with Crippen LogP contribution in [-0.2, 0) is 4.79 Å². The molecular weight excluding hydrogens is 195 g/mol. The zero-order chi connectivity index (χ0) is 9.84. The predicted molar refractivity (Wildman–Crippen MR) is 47.8 cm³/mol. The number of alkyl halides is 1. The van der Waals surface area contributed by atoms with Crippen LogP contribution >= 0.6 is 11.6 Å². The highest BCUT2D eigenvalue weighted by Gasteiger charge is 2.06. The standard InChI is InChI=1S/C9H8ClFO2/c1-6-4-7(10)2-3-8(6)13-9(12)5-11/h2-4H,5H2,1H3. The third kappa shape index (κ3) is 2.70. The van der Waals surface area contributed by atoms with E-state index in [1.54, 1.807) is 19.1 Å². The molecule has 0 saturated heterocycles. The second kappa shape index (κ2) is 4.23. The van der Waals surface area contributed by atoms with Gasteiger partial charge in [-0.15, -0.1) is 0 Å². The van der Waals surface area contributed by atoms with Gasteiger partial charge in [-0.1, -0.05) is 11.6 Å². The molecule has 0 heterocycles. The smallest absolute Gasteiger partial charge is 0.342 e. The predicted octanol–water partition coefficient (Wildman–Crippen LogP) is 2.52. The van der Waals surface area contributed by atoms with Crippen LogP contribution in [0.3, 0.4) is 0 Å². The summed E-state index contributed by atoms with van der Waals surface area (Å²) in [5.74, 6) is -0.558. The molecule has 0 fully saturated rings. The van der Waals surface area contributed by atoms with Crippen molar-refractivity contribution < 1.29 is 13.9 Å². The maximum Gasteiger partial charge on any atom is 0.342 e. The van der Waals surface area contributed by atoms with Crippen LogP contribution in [0, 0.1) is 6.92 Å². The molecule has 0 saturated carbocycles. The molecule has 0 amide bonds. The number of benzene rings is 1. The SMILES string of the molecule is Cc1cc(Cl)ccc1OC(=O)CF. The molecule has 0 unspecified atom stereocenters. The van der Waals surface area contributed by atoms with Crippen LogP contribution in [0.4, 0.5) is 4.39 Å². The second-order valence-electron chi connectivity index (χ2n) is 2.52. The number of ether oxygens (including phenoxy) is 1. The second-order valence-corrected chi connectivity index (χ2v) is 2.95. The monoisotopic (exact) mass is 202 g/mol. The molecule has 1 rings (SSSR count). The summed E-state index contributed by atoms with van der Waals surface area (Å²) in [6.45, 7) is 0.606. The lowest BCUT2D eigenvalue weighted by atomic mass is 10.2. The molecule has 0 spiro atoms. The van der Waals surface area contributed by atoms with Crippen molar-refractivity contribution in [2.45, 2.75) is 6.92 Å². The van der Waals surface area contributed by atoms with Gasteiger partial charge >= 0.3 is 5.97 Å². The van der Waals surface area contributed by atoms with Crippen molar-refractivity contribution in [3.63, 3.8) is 0 Å². The van der Waals surface area contributed by atoms with Crippen molar-refractivity contribution in [2.75, 3.05) is 6.67 Å². The zero-order valence-corrected chi connectivity index (χ0v) is 7.77. The van der Waals surface area contributed by atoms with Crippen LogP contribution in [0.2, 0.25) is 5.02 Å². The van der Waals surface area contributed by atoms with E-state index in [1.165, 1.54) is 6.07 Å². The molecule has 1 aromatic carbocycles. The van der Waals surface area contributed by atoms with Gasteiger partial charge in [-0.25, -0.2) is 9.18 Å². The first-order valence-corrected chi connectivity index (χ1v) is 4.04. The summed E-state index contributed by atoms with van der Waals surface area (Å²) in [4.78, 5) is 10.6. The summed E-state index contributed by atoms with van der Waals surface area (Å²) in [6, 6.07) is 4.75. The molecule has 0 aliphatic carbocycles. The lowest BCUT2D eigenvalue weighted by Gasteiger charge is -2.04. The van der Waals surface area contributed by atoms with Gasteiger partial charge < -0.3 is 4.74 Å². The summed E-state index contributed by atoms with van der Waals surface area (Å²) in [5, 5.41) is 0.553. The number of aryl methyl sites for hydroxylation is 1. The topological polar surface area (TPSA) is 26.3 Å². The minimum atomic E-state index is -1.12. The molecule has 1 aromatic rings. The number of carbonyl (C=O) groups excluding carboxylic acids is 1. The highest BCUT2D eigenvalue weighted by atomic mass is 35.5. The fourth-order valence-electron chi connectivity index (χ4n) is 0.877. The highest BCUT2D eigenvalue weighted by molar-refractivity contribution is 6.30. The van der Waals surface area contributed by atoms with Gasteiger partial charge in [0.25, 0.3) is 0 Å². The maximum absolute atomic E-state index is 11.8. The largest absolute Gasteiger partial charge is 0.424 e. The molecule has 0 aliphatic rings. The van der Waals surface area contributed by atoms with E-state index in [-0.39, 0.29) is 0 Å². The average Bonchev–Trinajstić information content (AvgIpc) is 2.09. The molecule has 0 bridgehead atoms. The summed E-state index contributed by atoms with van der Waals surface area (Å²) < 4.78 is 16.5. The van der Waals surface area contributed by atoms with Crippen molar-refractivity contribution >= 4 is 17.6 Å². The van der Waals surface area contributed by atoms with Crippen molar-refractivity contribution in [2.24, 2.45) is 0 Å². The van der Waals surface area contributed by atoms with E-state index < -0.39 is 12.6 Å². The van der Waals surface area contributed by atoms with Gasteiger partial charge in [0.2, 0.25) is 0 Å². The zero-order valence-electron chi connectivity index (χ0n) is 7.01. The van der Waals surface area contributed by atoms with Crippen LogP contribution in [0.25, 0.3) is 0 Å². The Morgan fingerprint density at radius 2 is 2.31 bits per heavy atom. The summed E-state index contributed by atoms with van der Waals surface area (Å²) >= 11 is 5.67. The lowest BCUT2D eigenvalue weighted by molar-refractivity contribution is -0.135. The molecule has 0 aromatic heterocycles. The Labute approximate surface area is 80.3 Å². The van der Waals surface area contributed by atoms with Crippen LogP contribution in [0.5, 0.6) is 5.75 Å². The number of rotatable bonds is 2. The molecule has 13 heavy (non-hydrogen) atoms. The molecule has 0 radical (unpaired) electrons. The normalized spacial score (nSPS) is 9.77. The van der Waals surface area contributed by atoms with Gasteiger partial charge in [0, 0.05) is 5.02 Å². The Balaban J connectivity index is 2.83. The molecule has 0 N–H and O–H groups in total. The lowest BCUT2D eigenvalue weighted by Crippen LogP contribution is -2.10. The summed E-state index contributed by atoms with van der Waals surface area (Å²) in [6.07, 6.45) is 0. The van der Waals surface area contributed by atoms with Crippen molar-refractivity contribution in [1.29, 1.82) is 0 Å². The first kappa shape index (κ1) is 9.99. The quantitative estimate of drug-likeness (QED) is 0.544. The van der Waals surface area contributed by atoms with Crippen molar-refractivity contribution in [1.82, 2.24) is 0 Å². The first-order valence-electron chi connectivity index (χ1n) is 3.66. The number of hydrogen-bond donors (Lipinski definition) is 0. The van der Waals surface area contributed by atoms with Crippen LogP contribution < -0.4 is 4.74 Å². The number of halogens is 2. The Hall–Kier alpha value is -1.09. The van der Waals surface area contributed by atoms with E-state index in [4.69, 9.17) is 11.6 Å². The number of hydrogen-bond acceptors (Lipinski definition) is 2. The maximum atomic E-state index is 11.8. The average molecular weight is 203 g/mol. The summed E-state index contributed by atoms with van der Waals surface area (Å²) in [7, 11) is 0. The Morgan fingerprint density at radius 1 is 1.62 bits per heavy atom. The van der Waals surface area contributed by atoms with Gasteiger partial charge in [-0.2, -0.15) is 0 Å². The van der Waals surface area contributed by atoms with Gasteiger partial charge in [0.05, 0.1) is 0 Å². The van der Waals surface area contributed by atoms with E-state index >= 15 is 0 Å². The molecule has 70 valence electrons. The van der Waals surface area contributed by atoms with E-state index in [2.05, 4.69) is 4.74 Å². The minimum Gasteiger partial charge on any atom is -0.424 e. The molecule has 0 atom stereocenters. The van der Waals surface area contributed by atoms with E-state index in [9.17, 15) is 9.18 Å². The number of esters is 1. The fraction of sp³-hybridized carbons (Fsp3) is 0.222. The van der Waals surface area contributed by atoms with Crippen LogP contribution in [0.1, 0.15) is 5.56 Å². The first-order chi connectivity index (χ1) is 6.13. The number of carbonyl (C=O) groups is 1. The molecule has 0 aliphatic heterocycles. The third-order valence-corrected chi connectivity index (χ3v) is 1.70. The third-order valence-electron chi connectivity index (χ3n) is 1.47. The molecular formula is C9H8ClFO2. The van der Waals surface area contributed by atoms with Gasteiger partial charge in [-0.05, 0) is 30.7 Å². The van der Waals surface area contributed by atoms with E-state index in [0.717, 1.165) is 0 Å². The molecule has 2 nitrogen and oxygen atoms in total. The minimum absolute atomic E-state index is 0.340. The Kier molecular flexibility index (Phi) is 3.25. The van der Waals surface area contributed by atoms with Gasteiger partial charge in [0.1, 0.15) is 5.75 Å². The van der Waals surface area contributed by atoms with E-state index in [0.29, 0.717) is 16.3 Å². The summed E-state index contributed by atoms with van der Waals surface area (Å²) in [5.41, 5.74) is 0.703.